The van der Waals surface area contributed by atoms with Crippen molar-refractivity contribution < 1.29 is 13.3 Å². The van der Waals surface area contributed by atoms with Crippen LogP contribution in [0.5, 0.6) is 0 Å². The molecule has 0 saturated heterocycles. The summed E-state index contributed by atoms with van der Waals surface area (Å²) in [6, 6.07) is 5.02. The van der Waals surface area contributed by atoms with Crippen molar-refractivity contribution in [2.24, 2.45) is 0 Å². The lowest BCUT2D eigenvalue weighted by molar-refractivity contribution is 0.0551. The summed E-state index contributed by atoms with van der Waals surface area (Å²) in [5.74, 6) is -0.902. The summed E-state index contributed by atoms with van der Waals surface area (Å²) in [6.45, 7) is 1.74. The Morgan fingerprint density at radius 2 is 2.12 bits per heavy atom. The Balaban J connectivity index is 2.48. The zero-order chi connectivity index (χ0) is 12.6. The molecule has 0 saturated carbocycles. The van der Waals surface area contributed by atoms with Crippen LogP contribution >= 0.6 is 11.6 Å². The second kappa shape index (κ2) is 3.96. The summed E-state index contributed by atoms with van der Waals surface area (Å²) in [5.41, 5.74) is 7.43. The van der Waals surface area contributed by atoms with Crippen LogP contribution in [0.2, 0.25) is 0 Å². The van der Waals surface area contributed by atoms with E-state index in [1.165, 1.54) is 0 Å². The molecule has 0 atom stereocenters. The minimum atomic E-state index is -3.67. The summed E-state index contributed by atoms with van der Waals surface area (Å²) < 4.78 is 29.8. The zero-order valence-electron chi connectivity index (χ0n) is 8.75. The summed E-state index contributed by atoms with van der Waals surface area (Å²) in [4.78, 5) is 3.54. The van der Waals surface area contributed by atoms with Gasteiger partial charge in [-0.2, -0.15) is 13.8 Å². The van der Waals surface area contributed by atoms with Crippen LogP contribution in [-0.2, 0) is 5.38 Å². The number of aromatic nitrogens is 2. The van der Waals surface area contributed by atoms with E-state index in [2.05, 4.69) is 14.7 Å². The maximum absolute atomic E-state index is 12.7. The second-order valence-corrected chi connectivity index (χ2v) is 3.92. The molecule has 2 N–H and O–H groups in total. The third-order valence-electron chi connectivity index (χ3n) is 2.29. The van der Waals surface area contributed by atoms with E-state index in [1.54, 1.807) is 25.1 Å². The first-order chi connectivity index (χ1) is 7.89. The lowest BCUT2D eigenvalue weighted by Crippen LogP contribution is -2.03. The molecule has 2 rings (SSSR count). The summed E-state index contributed by atoms with van der Waals surface area (Å²) in [6.07, 6.45) is 0. The lowest BCUT2D eigenvalue weighted by Gasteiger charge is -2.03. The summed E-state index contributed by atoms with van der Waals surface area (Å²) in [7, 11) is 0. The van der Waals surface area contributed by atoms with Crippen molar-refractivity contribution >= 4 is 17.3 Å². The Hall–Kier alpha value is -1.69. The molecule has 1 aromatic carbocycles. The van der Waals surface area contributed by atoms with Gasteiger partial charge in [0.05, 0.1) is 0 Å². The standard InChI is InChI=1S/C10H8ClF2N3O/c1-5-6(3-2-4-7(5)14)8-15-9(17-16-8)10(11,12)13/h2-4H,14H2,1H3. The van der Waals surface area contributed by atoms with E-state index in [0.29, 0.717) is 16.8 Å². The fourth-order valence-corrected chi connectivity index (χ4v) is 1.42. The Morgan fingerprint density at radius 1 is 1.41 bits per heavy atom. The predicted molar refractivity (Wildman–Crippen MR) is 58.6 cm³/mol. The fourth-order valence-electron chi connectivity index (χ4n) is 1.34. The number of nitrogens with zero attached hydrogens (tertiary/aromatic N) is 2. The zero-order valence-corrected chi connectivity index (χ0v) is 9.50. The third kappa shape index (κ3) is 2.21. The van der Waals surface area contributed by atoms with Crippen molar-refractivity contribution in [2.45, 2.75) is 12.3 Å². The highest BCUT2D eigenvalue weighted by atomic mass is 35.5. The first-order valence-electron chi connectivity index (χ1n) is 4.66. The van der Waals surface area contributed by atoms with E-state index in [4.69, 9.17) is 17.3 Å². The topological polar surface area (TPSA) is 64.9 Å². The monoisotopic (exact) mass is 259 g/mol. The van der Waals surface area contributed by atoms with E-state index < -0.39 is 11.3 Å². The van der Waals surface area contributed by atoms with E-state index in [0.717, 1.165) is 0 Å². The molecule has 1 aromatic heterocycles. The van der Waals surface area contributed by atoms with Crippen LogP contribution in [0.25, 0.3) is 11.4 Å². The predicted octanol–water partition coefficient (Wildman–Crippen LogP) is 2.92. The van der Waals surface area contributed by atoms with E-state index in [9.17, 15) is 8.78 Å². The average molecular weight is 260 g/mol. The molecule has 4 nitrogen and oxygen atoms in total. The molecule has 0 fully saturated rings. The van der Waals surface area contributed by atoms with Crippen molar-refractivity contribution in [3.05, 3.63) is 29.7 Å². The summed E-state index contributed by atoms with van der Waals surface area (Å²) in [5, 5.41) is -0.218. The van der Waals surface area contributed by atoms with Crippen LogP contribution in [0.15, 0.2) is 22.7 Å². The molecular weight excluding hydrogens is 252 g/mol. The molecular formula is C10H8ClF2N3O. The van der Waals surface area contributed by atoms with Crippen LogP contribution in [0, 0.1) is 6.92 Å². The molecule has 0 bridgehead atoms. The number of anilines is 1. The smallest absolute Gasteiger partial charge is 0.398 e. The van der Waals surface area contributed by atoms with Gasteiger partial charge >= 0.3 is 11.3 Å². The highest BCUT2D eigenvalue weighted by molar-refractivity contribution is 6.21. The van der Waals surface area contributed by atoms with Crippen LogP contribution in [0.3, 0.4) is 0 Å². The Bertz CT molecular complexity index is 551. The summed E-state index contributed by atoms with van der Waals surface area (Å²) >= 11 is 4.78. The number of rotatable bonds is 2. The van der Waals surface area contributed by atoms with Crippen LogP contribution < -0.4 is 5.73 Å². The molecule has 0 radical (unpaired) electrons. The van der Waals surface area contributed by atoms with Crippen molar-refractivity contribution in [3.8, 4) is 11.4 Å². The fraction of sp³-hybridized carbons (Fsp3) is 0.200. The van der Waals surface area contributed by atoms with Gasteiger partial charge in [0, 0.05) is 11.3 Å². The van der Waals surface area contributed by atoms with Crippen molar-refractivity contribution in [1.29, 1.82) is 0 Å². The second-order valence-electron chi connectivity index (χ2n) is 3.44. The molecule has 1 heterocycles. The van der Waals surface area contributed by atoms with E-state index >= 15 is 0 Å². The quantitative estimate of drug-likeness (QED) is 0.665. The molecule has 0 amide bonds. The van der Waals surface area contributed by atoms with Gasteiger partial charge in [0.25, 0.3) is 0 Å². The van der Waals surface area contributed by atoms with Crippen molar-refractivity contribution in [2.75, 3.05) is 5.73 Å². The Kier molecular flexibility index (Phi) is 2.74. The van der Waals surface area contributed by atoms with Crippen molar-refractivity contribution in [1.82, 2.24) is 10.1 Å². The van der Waals surface area contributed by atoms with Crippen molar-refractivity contribution in [3.63, 3.8) is 0 Å². The van der Waals surface area contributed by atoms with Gasteiger partial charge in [-0.15, -0.1) is 0 Å². The number of hydrogen-bond donors (Lipinski definition) is 1. The number of benzene rings is 1. The first kappa shape index (κ1) is 11.8. The molecule has 0 unspecified atom stereocenters. The van der Waals surface area contributed by atoms with Crippen LogP contribution in [0.4, 0.5) is 14.5 Å². The van der Waals surface area contributed by atoms with E-state index in [-0.39, 0.29) is 5.82 Å². The number of nitrogens with two attached hydrogens (primary N) is 1. The third-order valence-corrected chi connectivity index (χ3v) is 2.45. The molecule has 7 heteroatoms. The minimum Gasteiger partial charge on any atom is -0.398 e. The number of halogens is 3. The van der Waals surface area contributed by atoms with Gasteiger partial charge in [-0.05, 0) is 30.2 Å². The van der Waals surface area contributed by atoms with Gasteiger partial charge < -0.3 is 10.3 Å². The van der Waals surface area contributed by atoms with Gasteiger partial charge in [-0.3, -0.25) is 0 Å². The molecule has 90 valence electrons. The molecule has 17 heavy (non-hydrogen) atoms. The van der Waals surface area contributed by atoms with Crippen LogP contribution in [0.1, 0.15) is 11.5 Å². The maximum Gasteiger partial charge on any atom is 0.400 e. The van der Waals surface area contributed by atoms with Gasteiger partial charge in [0.2, 0.25) is 5.82 Å². The Morgan fingerprint density at radius 3 is 2.71 bits per heavy atom. The molecule has 2 aromatic rings. The number of alkyl halides is 3. The highest BCUT2D eigenvalue weighted by Gasteiger charge is 2.35. The molecule has 0 aliphatic heterocycles. The lowest BCUT2D eigenvalue weighted by atomic mass is 10.1. The molecule has 0 aliphatic rings. The van der Waals surface area contributed by atoms with Gasteiger partial charge in [-0.25, -0.2) is 0 Å². The van der Waals surface area contributed by atoms with Gasteiger partial charge in [-0.1, -0.05) is 17.3 Å². The maximum atomic E-state index is 12.7. The average Bonchev–Trinajstić information content (AvgIpc) is 2.70. The SMILES string of the molecule is Cc1c(N)cccc1-c1noc(C(F)(F)Cl)n1. The number of nitrogen functional groups attached to an aromatic ring is 1. The van der Waals surface area contributed by atoms with Gasteiger partial charge in [0.15, 0.2) is 0 Å². The van der Waals surface area contributed by atoms with E-state index in [1.807, 2.05) is 0 Å². The van der Waals surface area contributed by atoms with Crippen LogP contribution in [-0.4, -0.2) is 10.1 Å². The largest absolute Gasteiger partial charge is 0.400 e. The molecule has 0 aliphatic carbocycles. The van der Waals surface area contributed by atoms with Gasteiger partial charge in [0.1, 0.15) is 0 Å². The Labute approximate surface area is 100 Å². The first-order valence-corrected chi connectivity index (χ1v) is 5.04. The minimum absolute atomic E-state index is 0.0325. The highest BCUT2D eigenvalue weighted by Crippen LogP contribution is 2.33. The number of hydrogen-bond acceptors (Lipinski definition) is 4. The molecule has 0 spiro atoms. The normalized spacial score (nSPS) is 11.8.